The number of H-pyrrole nitrogens is 1. The van der Waals surface area contributed by atoms with Crippen molar-refractivity contribution in [1.29, 1.82) is 0 Å². The lowest BCUT2D eigenvalue weighted by Gasteiger charge is -2.32. The van der Waals surface area contributed by atoms with Gasteiger partial charge in [-0.3, -0.25) is 9.59 Å². The molecular formula is C19H18N4O2. The molecule has 0 fully saturated rings. The number of hydrogen-bond acceptors (Lipinski definition) is 3. The molecule has 6 nitrogen and oxygen atoms in total. The van der Waals surface area contributed by atoms with Gasteiger partial charge in [-0.1, -0.05) is 30.3 Å². The quantitative estimate of drug-likeness (QED) is 0.778. The highest BCUT2D eigenvalue weighted by Crippen LogP contribution is 2.31. The summed E-state index contributed by atoms with van der Waals surface area (Å²) in [6.07, 6.45) is 3.29. The molecule has 0 saturated carbocycles. The SMILES string of the molecule is Cn1ccc(C(=O)N2Cc3[nH]cnc3C(c3ccccc3)C2)cc1=O. The Kier molecular flexibility index (Phi) is 3.72. The second kappa shape index (κ2) is 6.05. The molecule has 0 aliphatic carbocycles. The average molecular weight is 334 g/mol. The number of benzene rings is 1. The zero-order valence-corrected chi connectivity index (χ0v) is 13.8. The summed E-state index contributed by atoms with van der Waals surface area (Å²) in [5.41, 5.74) is 3.27. The molecule has 1 unspecified atom stereocenters. The molecule has 1 N–H and O–H groups in total. The lowest BCUT2D eigenvalue weighted by atomic mass is 9.90. The summed E-state index contributed by atoms with van der Waals surface area (Å²) >= 11 is 0. The number of aryl methyl sites for hydroxylation is 1. The largest absolute Gasteiger partial charge is 0.347 e. The fourth-order valence-electron chi connectivity index (χ4n) is 3.29. The molecule has 25 heavy (non-hydrogen) atoms. The van der Waals surface area contributed by atoms with Crippen molar-refractivity contribution >= 4 is 5.91 Å². The normalized spacial score (nSPS) is 16.5. The van der Waals surface area contributed by atoms with E-state index in [1.54, 1.807) is 30.5 Å². The van der Waals surface area contributed by atoms with Gasteiger partial charge >= 0.3 is 0 Å². The molecular weight excluding hydrogens is 316 g/mol. The van der Waals surface area contributed by atoms with Gasteiger partial charge in [0.2, 0.25) is 0 Å². The number of fused-ring (bicyclic) bond motifs is 1. The molecule has 3 aromatic rings. The van der Waals surface area contributed by atoms with E-state index < -0.39 is 0 Å². The number of aromatic amines is 1. The van der Waals surface area contributed by atoms with E-state index in [2.05, 4.69) is 22.1 Å². The average Bonchev–Trinajstić information content (AvgIpc) is 3.12. The summed E-state index contributed by atoms with van der Waals surface area (Å²) in [4.78, 5) is 34.1. The molecule has 126 valence electrons. The van der Waals surface area contributed by atoms with E-state index in [1.807, 2.05) is 18.2 Å². The number of aromatic nitrogens is 3. The minimum atomic E-state index is -0.190. The Balaban J connectivity index is 1.69. The first-order chi connectivity index (χ1) is 12.1. The van der Waals surface area contributed by atoms with Gasteiger partial charge in [0.25, 0.3) is 11.5 Å². The summed E-state index contributed by atoms with van der Waals surface area (Å²) in [5, 5.41) is 0. The number of hydrogen-bond donors (Lipinski definition) is 1. The fraction of sp³-hybridized carbons (Fsp3) is 0.211. The first kappa shape index (κ1) is 15.4. The molecule has 1 atom stereocenters. The van der Waals surface area contributed by atoms with Crippen LogP contribution in [0.15, 0.2) is 59.8 Å². The van der Waals surface area contributed by atoms with Gasteiger partial charge < -0.3 is 14.5 Å². The van der Waals surface area contributed by atoms with E-state index in [-0.39, 0.29) is 17.4 Å². The molecule has 1 amide bonds. The van der Waals surface area contributed by atoms with Crippen molar-refractivity contribution in [3.05, 3.63) is 87.9 Å². The fourth-order valence-corrected chi connectivity index (χ4v) is 3.29. The second-order valence-electron chi connectivity index (χ2n) is 6.28. The molecule has 3 heterocycles. The Bertz CT molecular complexity index is 974. The van der Waals surface area contributed by atoms with E-state index in [0.717, 1.165) is 17.0 Å². The maximum atomic E-state index is 12.9. The lowest BCUT2D eigenvalue weighted by molar-refractivity contribution is 0.0721. The third-order valence-electron chi connectivity index (χ3n) is 4.67. The van der Waals surface area contributed by atoms with Crippen LogP contribution in [0.2, 0.25) is 0 Å². The molecule has 2 aromatic heterocycles. The van der Waals surface area contributed by atoms with Crippen LogP contribution in [0.3, 0.4) is 0 Å². The van der Waals surface area contributed by atoms with Crippen LogP contribution in [0.1, 0.15) is 33.2 Å². The predicted octanol–water partition coefficient (Wildman–Crippen LogP) is 1.90. The first-order valence-electron chi connectivity index (χ1n) is 8.16. The van der Waals surface area contributed by atoms with Crippen LogP contribution in [0.4, 0.5) is 0 Å². The maximum Gasteiger partial charge on any atom is 0.254 e. The number of amides is 1. The Morgan fingerprint density at radius 2 is 2.04 bits per heavy atom. The minimum absolute atomic E-state index is 0.0201. The molecule has 1 aliphatic heterocycles. The molecule has 4 rings (SSSR count). The topological polar surface area (TPSA) is 71.0 Å². The molecule has 6 heteroatoms. The van der Waals surface area contributed by atoms with Crippen LogP contribution >= 0.6 is 0 Å². The summed E-state index contributed by atoms with van der Waals surface area (Å²) in [7, 11) is 1.67. The van der Waals surface area contributed by atoms with Crippen LogP contribution in [0.25, 0.3) is 0 Å². The van der Waals surface area contributed by atoms with Crippen LogP contribution < -0.4 is 5.56 Å². The molecule has 0 bridgehead atoms. The Hall–Kier alpha value is -3.15. The van der Waals surface area contributed by atoms with E-state index in [1.165, 1.54) is 10.6 Å². The van der Waals surface area contributed by atoms with Crippen molar-refractivity contribution in [2.45, 2.75) is 12.5 Å². The predicted molar refractivity (Wildman–Crippen MR) is 93.3 cm³/mol. The van der Waals surface area contributed by atoms with Crippen LogP contribution in [0, 0.1) is 0 Å². The summed E-state index contributed by atoms with van der Waals surface area (Å²) in [5.74, 6) is -0.120. The Labute approximate surface area is 144 Å². The van der Waals surface area contributed by atoms with Gasteiger partial charge in [-0.2, -0.15) is 0 Å². The van der Waals surface area contributed by atoms with Gasteiger partial charge in [-0.15, -0.1) is 0 Å². The van der Waals surface area contributed by atoms with Crippen molar-refractivity contribution in [2.75, 3.05) is 6.54 Å². The zero-order chi connectivity index (χ0) is 17.4. The molecule has 1 aromatic carbocycles. The minimum Gasteiger partial charge on any atom is -0.347 e. The molecule has 0 saturated heterocycles. The highest BCUT2D eigenvalue weighted by atomic mass is 16.2. The number of imidazole rings is 1. The molecule has 0 spiro atoms. The third-order valence-corrected chi connectivity index (χ3v) is 4.67. The second-order valence-corrected chi connectivity index (χ2v) is 6.28. The summed E-state index contributed by atoms with van der Waals surface area (Å²) < 4.78 is 1.45. The van der Waals surface area contributed by atoms with Crippen LogP contribution in [0.5, 0.6) is 0 Å². The van der Waals surface area contributed by atoms with Crippen molar-refractivity contribution in [3.8, 4) is 0 Å². The highest BCUT2D eigenvalue weighted by molar-refractivity contribution is 5.94. The Morgan fingerprint density at radius 1 is 1.24 bits per heavy atom. The Morgan fingerprint density at radius 3 is 2.80 bits per heavy atom. The number of carbonyl (C=O) groups excluding carboxylic acids is 1. The maximum absolute atomic E-state index is 12.9. The van der Waals surface area contributed by atoms with Gasteiger partial charge in [0.15, 0.2) is 0 Å². The molecule has 0 radical (unpaired) electrons. The van der Waals surface area contributed by atoms with E-state index >= 15 is 0 Å². The van der Waals surface area contributed by atoms with Crippen molar-refractivity contribution < 1.29 is 4.79 Å². The van der Waals surface area contributed by atoms with Crippen molar-refractivity contribution in [3.63, 3.8) is 0 Å². The van der Waals surface area contributed by atoms with Crippen LogP contribution in [-0.4, -0.2) is 31.9 Å². The lowest BCUT2D eigenvalue weighted by Crippen LogP contribution is -2.39. The third kappa shape index (κ3) is 2.76. The molecule has 1 aliphatic rings. The van der Waals surface area contributed by atoms with Gasteiger partial charge in [-0.05, 0) is 11.6 Å². The van der Waals surface area contributed by atoms with Gasteiger partial charge in [0.1, 0.15) is 0 Å². The van der Waals surface area contributed by atoms with E-state index in [9.17, 15) is 9.59 Å². The first-order valence-corrected chi connectivity index (χ1v) is 8.16. The number of nitrogens with one attached hydrogen (secondary N) is 1. The number of carbonyl (C=O) groups is 1. The van der Waals surface area contributed by atoms with Gasteiger partial charge in [-0.25, -0.2) is 4.98 Å². The highest BCUT2D eigenvalue weighted by Gasteiger charge is 2.31. The monoisotopic (exact) mass is 334 g/mol. The number of pyridine rings is 1. The smallest absolute Gasteiger partial charge is 0.254 e. The summed E-state index contributed by atoms with van der Waals surface area (Å²) in [6, 6.07) is 13.1. The van der Waals surface area contributed by atoms with E-state index in [4.69, 9.17) is 0 Å². The zero-order valence-electron chi connectivity index (χ0n) is 13.8. The van der Waals surface area contributed by atoms with Crippen molar-refractivity contribution in [2.24, 2.45) is 7.05 Å². The van der Waals surface area contributed by atoms with Crippen molar-refractivity contribution in [1.82, 2.24) is 19.4 Å². The van der Waals surface area contributed by atoms with Crippen LogP contribution in [-0.2, 0) is 13.6 Å². The summed E-state index contributed by atoms with van der Waals surface area (Å²) in [6.45, 7) is 1.00. The van der Waals surface area contributed by atoms with Gasteiger partial charge in [0.05, 0.1) is 24.3 Å². The number of nitrogens with zero attached hydrogens (tertiary/aromatic N) is 3. The van der Waals surface area contributed by atoms with Gasteiger partial charge in [0, 0.05) is 37.3 Å². The van der Waals surface area contributed by atoms with E-state index in [0.29, 0.717) is 18.7 Å². The standard InChI is InChI=1S/C19H18N4O2/c1-22-8-7-14(9-17(22)24)19(25)23-10-15(13-5-3-2-4-6-13)18-16(11-23)20-12-21-18/h2-9,12,15H,10-11H2,1H3,(H,20,21). The number of rotatable bonds is 2.